The standard InChI is InChI=1S/C16H12ClNO5S/c1-24(21,22)11-3-4-14(17)12(7-11)13-6-10(8-18)2-5-15(13)23-9-16(19)20/h2-7H,9H2,1H3,(H,19,20). The highest BCUT2D eigenvalue weighted by Gasteiger charge is 2.16. The summed E-state index contributed by atoms with van der Waals surface area (Å²) in [7, 11) is -3.46. The van der Waals surface area contributed by atoms with Crippen molar-refractivity contribution in [3.8, 4) is 22.9 Å². The minimum atomic E-state index is -3.46. The summed E-state index contributed by atoms with van der Waals surface area (Å²) in [5.41, 5.74) is 0.969. The molecule has 0 aliphatic carbocycles. The van der Waals surface area contributed by atoms with Crippen molar-refractivity contribution in [3.63, 3.8) is 0 Å². The lowest BCUT2D eigenvalue weighted by atomic mass is 10.0. The Kier molecular flexibility index (Phi) is 5.12. The molecule has 0 amide bonds. The zero-order valence-corrected chi connectivity index (χ0v) is 14.1. The van der Waals surface area contributed by atoms with Crippen LogP contribution in [-0.4, -0.2) is 32.4 Å². The molecule has 0 aromatic heterocycles. The summed E-state index contributed by atoms with van der Waals surface area (Å²) in [6, 6.07) is 10.5. The van der Waals surface area contributed by atoms with Crippen molar-refractivity contribution in [2.45, 2.75) is 4.90 Å². The highest BCUT2D eigenvalue weighted by Crippen LogP contribution is 2.37. The van der Waals surface area contributed by atoms with Crippen LogP contribution in [0.1, 0.15) is 5.56 Å². The predicted molar refractivity (Wildman–Crippen MR) is 87.8 cm³/mol. The van der Waals surface area contributed by atoms with Crippen LogP contribution >= 0.6 is 11.6 Å². The maximum Gasteiger partial charge on any atom is 0.341 e. The van der Waals surface area contributed by atoms with E-state index < -0.39 is 22.4 Å². The van der Waals surface area contributed by atoms with Gasteiger partial charge in [-0.2, -0.15) is 5.26 Å². The summed E-state index contributed by atoms with van der Waals surface area (Å²) in [5, 5.41) is 18.1. The molecule has 0 saturated carbocycles. The molecule has 6 nitrogen and oxygen atoms in total. The van der Waals surface area contributed by atoms with Gasteiger partial charge in [-0.1, -0.05) is 11.6 Å². The number of halogens is 1. The zero-order chi connectivity index (χ0) is 17.9. The summed E-state index contributed by atoms with van der Waals surface area (Å²) >= 11 is 6.16. The van der Waals surface area contributed by atoms with Gasteiger partial charge in [0.15, 0.2) is 16.4 Å². The number of nitrogens with zero attached hydrogens (tertiary/aromatic N) is 1. The lowest BCUT2D eigenvalue weighted by Crippen LogP contribution is -2.10. The predicted octanol–water partition coefficient (Wildman–Crippen LogP) is 2.75. The van der Waals surface area contributed by atoms with E-state index in [9.17, 15) is 13.2 Å². The molecular formula is C16H12ClNO5S. The van der Waals surface area contributed by atoms with Gasteiger partial charge < -0.3 is 9.84 Å². The molecule has 8 heteroatoms. The first-order chi connectivity index (χ1) is 11.2. The Balaban J connectivity index is 2.66. The second-order valence-electron chi connectivity index (χ2n) is 4.92. The van der Waals surface area contributed by atoms with Crippen molar-refractivity contribution in [2.24, 2.45) is 0 Å². The van der Waals surface area contributed by atoms with E-state index in [0.717, 1.165) is 6.26 Å². The average Bonchev–Trinajstić information content (AvgIpc) is 2.52. The molecule has 0 aliphatic heterocycles. The van der Waals surface area contributed by atoms with Gasteiger partial charge in [-0.05, 0) is 36.4 Å². The number of nitriles is 1. The number of benzene rings is 2. The van der Waals surface area contributed by atoms with Gasteiger partial charge >= 0.3 is 5.97 Å². The van der Waals surface area contributed by atoms with Crippen LogP contribution in [0.25, 0.3) is 11.1 Å². The molecule has 2 aromatic carbocycles. The van der Waals surface area contributed by atoms with Gasteiger partial charge in [0, 0.05) is 22.4 Å². The second-order valence-corrected chi connectivity index (χ2v) is 7.34. The third kappa shape index (κ3) is 4.04. The van der Waals surface area contributed by atoms with Gasteiger partial charge in [-0.3, -0.25) is 0 Å². The van der Waals surface area contributed by atoms with E-state index in [0.29, 0.717) is 16.7 Å². The Morgan fingerprint density at radius 1 is 1.25 bits per heavy atom. The fourth-order valence-corrected chi connectivity index (χ4v) is 2.88. The Morgan fingerprint density at radius 3 is 2.54 bits per heavy atom. The lowest BCUT2D eigenvalue weighted by Gasteiger charge is -2.13. The van der Waals surface area contributed by atoms with E-state index >= 15 is 0 Å². The van der Waals surface area contributed by atoms with E-state index in [2.05, 4.69) is 0 Å². The summed E-state index contributed by atoms with van der Waals surface area (Å²) in [4.78, 5) is 10.8. The SMILES string of the molecule is CS(=O)(=O)c1ccc(Cl)c(-c2cc(C#N)ccc2OCC(=O)O)c1. The van der Waals surface area contributed by atoms with E-state index in [1.54, 1.807) is 0 Å². The number of ether oxygens (including phenoxy) is 1. The highest BCUT2D eigenvalue weighted by atomic mass is 35.5. The van der Waals surface area contributed by atoms with Gasteiger partial charge in [-0.25, -0.2) is 13.2 Å². The number of hydrogen-bond acceptors (Lipinski definition) is 5. The monoisotopic (exact) mass is 365 g/mol. The maximum absolute atomic E-state index is 11.7. The van der Waals surface area contributed by atoms with Crippen LogP contribution in [0, 0.1) is 11.3 Å². The molecule has 0 heterocycles. The summed E-state index contributed by atoms with van der Waals surface area (Å²) in [6.45, 7) is -0.581. The molecule has 2 aromatic rings. The molecule has 0 fully saturated rings. The van der Waals surface area contributed by atoms with Crippen LogP contribution in [0.5, 0.6) is 5.75 Å². The molecule has 24 heavy (non-hydrogen) atoms. The Labute approximate surface area is 143 Å². The number of carboxylic acids is 1. The van der Waals surface area contributed by atoms with Crippen LogP contribution in [-0.2, 0) is 14.6 Å². The van der Waals surface area contributed by atoms with Crippen molar-refractivity contribution in [2.75, 3.05) is 12.9 Å². The molecule has 0 atom stereocenters. The largest absolute Gasteiger partial charge is 0.481 e. The normalized spacial score (nSPS) is 10.9. The van der Waals surface area contributed by atoms with E-state index in [1.807, 2.05) is 6.07 Å². The Morgan fingerprint density at radius 2 is 1.96 bits per heavy atom. The molecule has 0 radical (unpaired) electrons. The highest BCUT2D eigenvalue weighted by molar-refractivity contribution is 7.90. The molecule has 0 saturated heterocycles. The van der Waals surface area contributed by atoms with Crippen LogP contribution < -0.4 is 4.74 Å². The van der Waals surface area contributed by atoms with E-state index in [-0.39, 0.29) is 15.7 Å². The minimum absolute atomic E-state index is 0.0495. The van der Waals surface area contributed by atoms with Crippen LogP contribution in [0.3, 0.4) is 0 Å². The smallest absolute Gasteiger partial charge is 0.341 e. The number of hydrogen-bond donors (Lipinski definition) is 1. The van der Waals surface area contributed by atoms with Gasteiger partial charge in [0.1, 0.15) is 5.75 Å². The Hall–Kier alpha value is -2.56. The molecule has 0 unspecified atom stereocenters. The Bertz CT molecular complexity index is 947. The minimum Gasteiger partial charge on any atom is -0.481 e. The summed E-state index contributed by atoms with van der Waals surface area (Å²) in [5.74, 6) is -0.981. The van der Waals surface area contributed by atoms with Crippen molar-refractivity contribution in [3.05, 3.63) is 47.0 Å². The zero-order valence-electron chi connectivity index (χ0n) is 12.5. The molecule has 2 rings (SSSR count). The third-order valence-electron chi connectivity index (χ3n) is 3.12. The fraction of sp³-hybridized carbons (Fsp3) is 0.125. The van der Waals surface area contributed by atoms with Crippen molar-refractivity contribution >= 4 is 27.4 Å². The van der Waals surface area contributed by atoms with Gasteiger partial charge in [0.05, 0.1) is 16.5 Å². The number of carbonyl (C=O) groups is 1. The van der Waals surface area contributed by atoms with Crippen molar-refractivity contribution in [1.29, 1.82) is 5.26 Å². The number of sulfone groups is 1. The quantitative estimate of drug-likeness (QED) is 0.873. The first-order valence-electron chi connectivity index (χ1n) is 6.61. The maximum atomic E-state index is 11.7. The number of carboxylic acid groups (broad SMARTS) is 1. The number of rotatable bonds is 5. The van der Waals surface area contributed by atoms with Gasteiger partial charge in [0.25, 0.3) is 0 Å². The lowest BCUT2D eigenvalue weighted by molar-refractivity contribution is -0.139. The first kappa shape index (κ1) is 17.8. The van der Waals surface area contributed by atoms with Crippen LogP contribution in [0.4, 0.5) is 0 Å². The summed E-state index contributed by atoms with van der Waals surface area (Å²) < 4.78 is 28.7. The third-order valence-corrected chi connectivity index (χ3v) is 4.56. The molecule has 1 N–H and O–H groups in total. The first-order valence-corrected chi connectivity index (χ1v) is 8.88. The van der Waals surface area contributed by atoms with E-state index in [1.165, 1.54) is 36.4 Å². The van der Waals surface area contributed by atoms with Crippen LogP contribution in [0.2, 0.25) is 5.02 Å². The van der Waals surface area contributed by atoms with Crippen LogP contribution in [0.15, 0.2) is 41.3 Å². The van der Waals surface area contributed by atoms with Gasteiger partial charge in [-0.15, -0.1) is 0 Å². The molecule has 124 valence electrons. The molecular weight excluding hydrogens is 354 g/mol. The van der Waals surface area contributed by atoms with E-state index in [4.69, 9.17) is 26.7 Å². The number of aliphatic carboxylic acids is 1. The topological polar surface area (TPSA) is 104 Å². The average molecular weight is 366 g/mol. The molecule has 0 bridgehead atoms. The fourth-order valence-electron chi connectivity index (χ4n) is 2.02. The molecule has 0 spiro atoms. The van der Waals surface area contributed by atoms with Crippen molar-refractivity contribution in [1.82, 2.24) is 0 Å². The van der Waals surface area contributed by atoms with Gasteiger partial charge in [0.2, 0.25) is 0 Å². The van der Waals surface area contributed by atoms with Crippen molar-refractivity contribution < 1.29 is 23.1 Å². The second kappa shape index (κ2) is 6.91. The summed E-state index contributed by atoms with van der Waals surface area (Å²) in [6.07, 6.45) is 1.06. The molecule has 0 aliphatic rings.